The Morgan fingerprint density at radius 2 is 1.85 bits per heavy atom. The molecule has 4 heteroatoms. The third-order valence-electron chi connectivity index (χ3n) is 3.06. The van der Waals surface area contributed by atoms with Crippen LogP contribution in [0.1, 0.15) is 27.0 Å². The van der Waals surface area contributed by atoms with Gasteiger partial charge in [-0.25, -0.2) is 9.18 Å². The number of benzene rings is 2. The lowest BCUT2D eigenvalue weighted by Gasteiger charge is -2.12. The maximum absolute atomic E-state index is 13.5. The molecule has 104 valence electrons. The summed E-state index contributed by atoms with van der Waals surface area (Å²) in [5.74, 6) is -1.25. The molecule has 0 atom stereocenters. The third kappa shape index (κ3) is 2.96. The van der Waals surface area contributed by atoms with E-state index in [1.165, 1.54) is 12.1 Å². The molecule has 0 aromatic heterocycles. The van der Waals surface area contributed by atoms with Crippen LogP contribution >= 0.6 is 0 Å². The van der Waals surface area contributed by atoms with Gasteiger partial charge in [-0.05, 0) is 42.7 Å². The molecule has 0 heterocycles. The average molecular weight is 274 g/mol. The van der Waals surface area contributed by atoms with E-state index in [2.05, 4.69) is 0 Å². The number of carboxylic acids is 1. The Labute approximate surface area is 116 Å². The summed E-state index contributed by atoms with van der Waals surface area (Å²) >= 11 is 0. The van der Waals surface area contributed by atoms with Gasteiger partial charge < -0.3 is 9.84 Å². The fourth-order valence-electron chi connectivity index (χ4n) is 2.00. The molecule has 0 fully saturated rings. The first-order chi connectivity index (χ1) is 9.49. The van der Waals surface area contributed by atoms with Gasteiger partial charge >= 0.3 is 5.97 Å². The lowest BCUT2D eigenvalue weighted by atomic mass is 10.1. The van der Waals surface area contributed by atoms with Crippen molar-refractivity contribution >= 4 is 5.97 Å². The Hall–Kier alpha value is -2.36. The van der Waals surface area contributed by atoms with Crippen molar-refractivity contribution in [1.29, 1.82) is 0 Å². The van der Waals surface area contributed by atoms with Gasteiger partial charge in [-0.2, -0.15) is 0 Å². The molecular weight excluding hydrogens is 259 g/mol. The first-order valence-electron chi connectivity index (χ1n) is 6.20. The van der Waals surface area contributed by atoms with E-state index >= 15 is 0 Å². The highest BCUT2D eigenvalue weighted by atomic mass is 19.1. The number of para-hydroxylation sites is 1. The topological polar surface area (TPSA) is 46.5 Å². The zero-order valence-electron chi connectivity index (χ0n) is 11.3. The molecule has 0 aliphatic rings. The van der Waals surface area contributed by atoms with Gasteiger partial charge in [-0.3, -0.25) is 0 Å². The molecule has 2 rings (SSSR count). The average Bonchev–Trinajstić information content (AvgIpc) is 2.37. The molecule has 2 aromatic carbocycles. The molecule has 0 saturated heterocycles. The van der Waals surface area contributed by atoms with E-state index in [0.29, 0.717) is 5.56 Å². The van der Waals surface area contributed by atoms with Crippen molar-refractivity contribution in [3.8, 4) is 5.75 Å². The monoisotopic (exact) mass is 274 g/mol. The predicted octanol–water partition coefficient (Wildman–Crippen LogP) is 3.72. The number of hydrogen-bond donors (Lipinski definition) is 1. The van der Waals surface area contributed by atoms with E-state index in [0.717, 1.165) is 16.9 Å². The van der Waals surface area contributed by atoms with Crippen LogP contribution in [0.4, 0.5) is 4.39 Å². The van der Waals surface area contributed by atoms with E-state index in [4.69, 9.17) is 9.84 Å². The summed E-state index contributed by atoms with van der Waals surface area (Å²) in [5.41, 5.74) is 2.27. The summed E-state index contributed by atoms with van der Waals surface area (Å²) in [6, 6.07) is 9.82. The van der Waals surface area contributed by atoms with E-state index in [-0.39, 0.29) is 12.2 Å². The molecule has 1 N–H and O–H groups in total. The van der Waals surface area contributed by atoms with Gasteiger partial charge in [0, 0.05) is 0 Å². The second kappa shape index (κ2) is 5.74. The summed E-state index contributed by atoms with van der Waals surface area (Å²) in [4.78, 5) is 10.7. The van der Waals surface area contributed by atoms with Gasteiger partial charge in [-0.15, -0.1) is 0 Å². The maximum Gasteiger partial charge on any atom is 0.338 e. The van der Waals surface area contributed by atoms with Crippen molar-refractivity contribution in [3.63, 3.8) is 0 Å². The summed E-state index contributed by atoms with van der Waals surface area (Å²) in [6.07, 6.45) is 0. The molecule has 0 radical (unpaired) electrons. The van der Waals surface area contributed by atoms with Crippen LogP contribution in [0.15, 0.2) is 36.4 Å². The first-order valence-corrected chi connectivity index (χ1v) is 6.20. The highest BCUT2D eigenvalue weighted by molar-refractivity contribution is 5.87. The Morgan fingerprint density at radius 3 is 2.40 bits per heavy atom. The molecule has 0 aliphatic carbocycles. The number of carbonyl (C=O) groups is 1. The van der Waals surface area contributed by atoms with E-state index in [1.807, 2.05) is 32.0 Å². The third-order valence-corrected chi connectivity index (χ3v) is 3.06. The number of hydrogen-bond acceptors (Lipinski definition) is 2. The van der Waals surface area contributed by atoms with Gasteiger partial charge in [0.25, 0.3) is 0 Å². The molecule has 2 aromatic rings. The van der Waals surface area contributed by atoms with Gasteiger partial charge in [0.15, 0.2) is 0 Å². The molecule has 0 spiro atoms. The standard InChI is InChI=1S/C16H15FO3/c1-10-4-3-5-11(2)15(10)20-9-12-6-7-13(16(18)19)14(17)8-12/h3-8H,9H2,1-2H3,(H,18,19). The van der Waals surface area contributed by atoms with Crippen molar-refractivity contribution in [1.82, 2.24) is 0 Å². The molecular formula is C16H15FO3. The summed E-state index contributed by atoms with van der Waals surface area (Å²) in [6.45, 7) is 4.08. The van der Waals surface area contributed by atoms with E-state index in [1.54, 1.807) is 6.07 Å². The van der Waals surface area contributed by atoms with Gasteiger partial charge in [-0.1, -0.05) is 24.3 Å². The highest BCUT2D eigenvalue weighted by Gasteiger charge is 2.11. The second-order valence-electron chi connectivity index (χ2n) is 4.63. The first kappa shape index (κ1) is 14.1. The zero-order chi connectivity index (χ0) is 14.7. The van der Waals surface area contributed by atoms with Gasteiger partial charge in [0.05, 0.1) is 5.56 Å². The molecule has 20 heavy (non-hydrogen) atoms. The number of ether oxygens (including phenoxy) is 1. The van der Waals surface area contributed by atoms with Crippen LogP contribution in [0.25, 0.3) is 0 Å². The molecule has 0 bridgehead atoms. The molecule has 0 amide bonds. The predicted molar refractivity (Wildman–Crippen MR) is 73.6 cm³/mol. The Kier molecular flexibility index (Phi) is 4.03. The molecule has 0 aliphatic heterocycles. The van der Waals surface area contributed by atoms with Crippen LogP contribution in [-0.4, -0.2) is 11.1 Å². The number of halogens is 1. The quantitative estimate of drug-likeness (QED) is 0.924. The normalized spacial score (nSPS) is 10.3. The summed E-state index contributed by atoms with van der Waals surface area (Å²) in [5, 5.41) is 8.77. The van der Waals surface area contributed by atoms with Crippen LogP contribution in [0.2, 0.25) is 0 Å². The number of carboxylic acid groups (broad SMARTS) is 1. The van der Waals surface area contributed by atoms with Crippen molar-refractivity contribution in [2.45, 2.75) is 20.5 Å². The maximum atomic E-state index is 13.5. The van der Waals surface area contributed by atoms with Gasteiger partial charge in [0.1, 0.15) is 18.2 Å². The highest BCUT2D eigenvalue weighted by Crippen LogP contribution is 2.23. The fourth-order valence-corrected chi connectivity index (χ4v) is 2.00. The van der Waals surface area contributed by atoms with Crippen LogP contribution in [-0.2, 0) is 6.61 Å². The van der Waals surface area contributed by atoms with Crippen LogP contribution in [0.3, 0.4) is 0 Å². The van der Waals surface area contributed by atoms with Crippen LogP contribution in [0, 0.1) is 19.7 Å². The number of aromatic carboxylic acids is 1. The van der Waals surface area contributed by atoms with E-state index < -0.39 is 11.8 Å². The Bertz CT molecular complexity index is 630. The fraction of sp³-hybridized carbons (Fsp3) is 0.188. The smallest absolute Gasteiger partial charge is 0.338 e. The van der Waals surface area contributed by atoms with Gasteiger partial charge in [0.2, 0.25) is 0 Å². The van der Waals surface area contributed by atoms with Crippen molar-refractivity contribution in [2.75, 3.05) is 0 Å². The summed E-state index contributed by atoms with van der Waals surface area (Å²) in [7, 11) is 0. The largest absolute Gasteiger partial charge is 0.488 e. The Balaban J connectivity index is 2.16. The molecule has 3 nitrogen and oxygen atoms in total. The van der Waals surface area contributed by atoms with Crippen molar-refractivity contribution < 1.29 is 19.0 Å². The minimum atomic E-state index is -1.27. The lowest BCUT2D eigenvalue weighted by Crippen LogP contribution is -2.03. The molecule has 0 unspecified atom stereocenters. The second-order valence-corrected chi connectivity index (χ2v) is 4.63. The number of aryl methyl sites for hydroxylation is 2. The Morgan fingerprint density at radius 1 is 1.20 bits per heavy atom. The molecule has 0 saturated carbocycles. The number of rotatable bonds is 4. The van der Waals surface area contributed by atoms with E-state index in [9.17, 15) is 9.18 Å². The minimum absolute atomic E-state index is 0.197. The van der Waals surface area contributed by atoms with Crippen LogP contribution in [0.5, 0.6) is 5.75 Å². The minimum Gasteiger partial charge on any atom is -0.488 e. The summed E-state index contributed by atoms with van der Waals surface area (Å²) < 4.78 is 19.2. The lowest BCUT2D eigenvalue weighted by molar-refractivity contribution is 0.0692. The zero-order valence-corrected chi connectivity index (χ0v) is 11.3. The van der Waals surface area contributed by atoms with Crippen molar-refractivity contribution in [3.05, 3.63) is 64.5 Å². The SMILES string of the molecule is Cc1cccc(C)c1OCc1ccc(C(=O)O)c(F)c1. The van der Waals surface area contributed by atoms with Crippen LogP contribution < -0.4 is 4.74 Å². The van der Waals surface area contributed by atoms with Crippen molar-refractivity contribution in [2.24, 2.45) is 0 Å².